The van der Waals surface area contributed by atoms with Crippen LogP contribution in [0.25, 0.3) is 0 Å². The molecule has 0 fully saturated rings. The highest BCUT2D eigenvalue weighted by Crippen LogP contribution is 2.45. The molecule has 1 atom stereocenters. The van der Waals surface area contributed by atoms with Crippen LogP contribution in [0.15, 0.2) is 52.1 Å². The quantitative estimate of drug-likeness (QED) is 0.512. The van der Waals surface area contributed by atoms with Gasteiger partial charge in [0.15, 0.2) is 23.0 Å². The van der Waals surface area contributed by atoms with Gasteiger partial charge in [0.25, 0.3) is 10.0 Å². The number of thiophene rings is 1. The van der Waals surface area contributed by atoms with Gasteiger partial charge in [-0.2, -0.15) is 4.31 Å². The number of rotatable bonds is 7. The molecule has 170 valence electrons. The molecule has 0 aliphatic carbocycles. The third-order valence-electron chi connectivity index (χ3n) is 5.61. The highest BCUT2D eigenvalue weighted by Gasteiger charge is 2.39. The van der Waals surface area contributed by atoms with E-state index >= 15 is 0 Å². The zero-order valence-corrected chi connectivity index (χ0v) is 20.0. The van der Waals surface area contributed by atoms with Gasteiger partial charge in [-0.15, -0.1) is 11.3 Å². The lowest BCUT2D eigenvalue weighted by molar-refractivity contribution is 0.329. The molecule has 32 heavy (non-hydrogen) atoms. The summed E-state index contributed by atoms with van der Waals surface area (Å²) < 4.78 is 51.0. The number of fused-ring (bicyclic) bond motifs is 1. The predicted molar refractivity (Wildman–Crippen MR) is 123 cm³/mol. The molecular formula is C23H25NO6S2. The minimum atomic E-state index is -3.72. The Balaban J connectivity index is 1.94. The Bertz CT molecular complexity index is 1210. The Morgan fingerprint density at radius 1 is 0.875 bits per heavy atom. The van der Waals surface area contributed by atoms with E-state index in [1.165, 1.54) is 11.3 Å². The van der Waals surface area contributed by atoms with Crippen LogP contribution in [-0.4, -0.2) is 47.7 Å². The van der Waals surface area contributed by atoms with Crippen LogP contribution in [0.3, 0.4) is 0 Å². The lowest BCUT2D eigenvalue weighted by atomic mass is 9.89. The van der Waals surface area contributed by atoms with Crippen molar-refractivity contribution in [3.8, 4) is 23.0 Å². The van der Waals surface area contributed by atoms with Crippen LogP contribution >= 0.6 is 11.3 Å². The molecule has 0 N–H and O–H groups in total. The van der Waals surface area contributed by atoms with Crippen LogP contribution in [0.4, 0.5) is 0 Å². The van der Waals surface area contributed by atoms with Crippen molar-refractivity contribution < 1.29 is 27.4 Å². The molecule has 0 spiro atoms. The summed E-state index contributed by atoms with van der Waals surface area (Å²) in [5, 5.41) is 1.77. The highest BCUT2D eigenvalue weighted by atomic mass is 32.2. The minimum absolute atomic E-state index is 0.312. The standard InChI is InChI=1S/C23H25NO6S2/c1-27-18-8-7-16(13-19(18)28-2)23-17-14-21(30-4)20(29-3)12-15(17)9-10-24(23)32(25,26)22-6-5-11-31-22/h5-8,11-14,23H,9-10H2,1-4H3. The molecule has 2 aromatic carbocycles. The number of ether oxygens (including phenoxy) is 4. The lowest BCUT2D eigenvalue weighted by Gasteiger charge is -2.37. The Morgan fingerprint density at radius 2 is 1.53 bits per heavy atom. The summed E-state index contributed by atoms with van der Waals surface area (Å²) in [6, 6.07) is 12.1. The summed E-state index contributed by atoms with van der Waals surface area (Å²) in [5.41, 5.74) is 2.64. The zero-order chi connectivity index (χ0) is 22.9. The van der Waals surface area contributed by atoms with Crippen LogP contribution in [0.1, 0.15) is 22.7 Å². The number of hydrogen-bond acceptors (Lipinski definition) is 7. The van der Waals surface area contributed by atoms with Crippen LogP contribution in [-0.2, 0) is 16.4 Å². The van der Waals surface area contributed by atoms with Crippen molar-refractivity contribution in [1.82, 2.24) is 4.31 Å². The minimum Gasteiger partial charge on any atom is -0.493 e. The smallest absolute Gasteiger partial charge is 0.253 e. The van der Waals surface area contributed by atoms with E-state index in [1.807, 2.05) is 24.3 Å². The van der Waals surface area contributed by atoms with Gasteiger partial charge in [0.2, 0.25) is 0 Å². The van der Waals surface area contributed by atoms with E-state index in [9.17, 15) is 8.42 Å². The maximum atomic E-state index is 13.6. The van der Waals surface area contributed by atoms with Crippen molar-refractivity contribution in [1.29, 1.82) is 0 Å². The molecule has 0 saturated heterocycles. The first kappa shape index (κ1) is 22.4. The normalized spacial score (nSPS) is 16.3. The van der Waals surface area contributed by atoms with Crippen molar-refractivity contribution in [3.05, 3.63) is 64.5 Å². The molecular weight excluding hydrogens is 450 g/mol. The van der Waals surface area contributed by atoms with E-state index in [0.29, 0.717) is 40.2 Å². The molecule has 0 saturated carbocycles. The van der Waals surface area contributed by atoms with E-state index in [0.717, 1.165) is 16.7 Å². The Kier molecular flexibility index (Phi) is 6.32. The first-order valence-corrected chi connectivity index (χ1v) is 12.3. The largest absolute Gasteiger partial charge is 0.493 e. The maximum Gasteiger partial charge on any atom is 0.253 e. The average Bonchev–Trinajstić information content (AvgIpc) is 3.37. The van der Waals surface area contributed by atoms with E-state index in [-0.39, 0.29) is 0 Å². The molecule has 1 aliphatic heterocycles. The summed E-state index contributed by atoms with van der Waals surface area (Å²) >= 11 is 1.21. The second-order valence-electron chi connectivity index (χ2n) is 7.22. The van der Waals surface area contributed by atoms with Crippen molar-refractivity contribution in [2.75, 3.05) is 35.0 Å². The van der Waals surface area contributed by atoms with E-state index in [4.69, 9.17) is 18.9 Å². The molecule has 3 aromatic rings. The first-order valence-electron chi connectivity index (χ1n) is 9.96. The Hall–Kier alpha value is -2.75. The van der Waals surface area contributed by atoms with Gasteiger partial charge in [-0.1, -0.05) is 12.1 Å². The summed E-state index contributed by atoms with van der Waals surface area (Å²) in [7, 11) is 2.56. The SMILES string of the molecule is COc1ccc(C2c3cc(OC)c(OC)cc3CCN2S(=O)(=O)c2cccs2)cc1OC. The third kappa shape index (κ3) is 3.80. The molecule has 0 radical (unpaired) electrons. The third-order valence-corrected chi connectivity index (χ3v) is 8.85. The van der Waals surface area contributed by atoms with Crippen molar-refractivity contribution in [3.63, 3.8) is 0 Å². The second kappa shape index (κ2) is 9.01. The topological polar surface area (TPSA) is 74.3 Å². The van der Waals surface area contributed by atoms with Crippen molar-refractivity contribution >= 4 is 21.4 Å². The van der Waals surface area contributed by atoms with Gasteiger partial charge in [0, 0.05) is 6.54 Å². The summed E-state index contributed by atoms with van der Waals surface area (Å²) in [6.45, 7) is 0.335. The molecule has 1 aliphatic rings. The fourth-order valence-electron chi connectivity index (χ4n) is 4.08. The van der Waals surface area contributed by atoms with Crippen LogP contribution in [0.2, 0.25) is 0 Å². The van der Waals surface area contributed by atoms with Gasteiger partial charge in [-0.3, -0.25) is 0 Å². The van der Waals surface area contributed by atoms with Crippen LogP contribution in [0, 0.1) is 0 Å². The summed E-state index contributed by atoms with van der Waals surface area (Å²) in [6.07, 6.45) is 0.560. The van der Waals surface area contributed by atoms with Gasteiger partial charge >= 0.3 is 0 Å². The number of sulfonamides is 1. The van der Waals surface area contributed by atoms with Gasteiger partial charge in [0.1, 0.15) is 4.21 Å². The molecule has 1 unspecified atom stereocenters. The fraction of sp³-hybridized carbons (Fsp3) is 0.304. The lowest BCUT2D eigenvalue weighted by Crippen LogP contribution is -2.40. The second-order valence-corrected chi connectivity index (χ2v) is 10.3. The van der Waals surface area contributed by atoms with E-state index in [2.05, 4.69) is 0 Å². The molecule has 0 amide bonds. The monoisotopic (exact) mass is 475 g/mol. The summed E-state index contributed by atoms with van der Waals surface area (Å²) in [5.74, 6) is 2.28. The van der Waals surface area contributed by atoms with Crippen molar-refractivity contribution in [2.45, 2.75) is 16.7 Å². The van der Waals surface area contributed by atoms with Gasteiger partial charge < -0.3 is 18.9 Å². The molecule has 0 bridgehead atoms. The predicted octanol–water partition coefficient (Wildman–Crippen LogP) is 4.12. The average molecular weight is 476 g/mol. The summed E-state index contributed by atoms with van der Waals surface area (Å²) in [4.78, 5) is 0. The number of hydrogen-bond donors (Lipinski definition) is 0. The van der Waals surface area contributed by atoms with Gasteiger partial charge in [0.05, 0.1) is 34.5 Å². The fourth-order valence-corrected chi connectivity index (χ4v) is 6.79. The number of methoxy groups -OCH3 is 4. The molecule has 4 rings (SSSR count). The van der Waals surface area contributed by atoms with Crippen LogP contribution in [0.5, 0.6) is 23.0 Å². The van der Waals surface area contributed by atoms with Gasteiger partial charge in [-0.05, 0) is 58.8 Å². The molecule has 9 heteroatoms. The maximum absolute atomic E-state index is 13.6. The molecule has 2 heterocycles. The van der Waals surface area contributed by atoms with Crippen LogP contribution < -0.4 is 18.9 Å². The van der Waals surface area contributed by atoms with Gasteiger partial charge in [-0.25, -0.2) is 8.42 Å². The zero-order valence-electron chi connectivity index (χ0n) is 18.3. The molecule has 7 nitrogen and oxygen atoms in total. The Labute approximate surface area is 192 Å². The molecule has 1 aromatic heterocycles. The van der Waals surface area contributed by atoms with E-state index < -0.39 is 16.1 Å². The Morgan fingerprint density at radius 3 is 2.16 bits per heavy atom. The first-order chi connectivity index (χ1) is 15.4. The number of nitrogens with zero attached hydrogens (tertiary/aromatic N) is 1. The highest BCUT2D eigenvalue weighted by molar-refractivity contribution is 7.91. The van der Waals surface area contributed by atoms with Crippen molar-refractivity contribution in [2.24, 2.45) is 0 Å². The number of benzene rings is 2. The van der Waals surface area contributed by atoms with E-state index in [1.54, 1.807) is 56.3 Å².